The van der Waals surface area contributed by atoms with Crippen LogP contribution in [0.15, 0.2) is 12.2 Å². The molecule has 0 amide bonds. The van der Waals surface area contributed by atoms with E-state index in [-0.39, 0.29) is 5.54 Å². The first kappa shape index (κ1) is 9.46. The molecule has 0 saturated carbocycles. The Bertz CT molecular complexity index is 379. The molecule has 3 nitrogen and oxygen atoms in total. The van der Waals surface area contributed by atoms with Gasteiger partial charge < -0.3 is 5.73 Å². The zero-order valence-corrected chi connectivity index (χ0v) is 9.04. The molecule has 1 aliphatic rings. The first-order chi connectivity index (χ1) is 6.54. The van der Waals surface area contributed by atoms with E-state index >= 15 is 0 Å². The molecular weight excluding hydrogens is 174 g/mol. The van der Waals surface area contributed by atoms with E-state index in [1.807, 2.05) is 11.7 Å². The van der Waals surface area contributed by atoms with E-state index in [2.05, 4.69) is 31.1 Å². The fourth-order valence-electron chi connectivity index (χ4n) is 2.05. The van der Waals surface area contributed by atoms with E-state index in [1.165, 1.54) is 11.3 Å². The first-order valence-corrected chi connectivity index (χ1v) is 4.99. The molecule has 1 aromatic rings. The molecule has 0 saturated heterocycles. The molecule has 0 aromatic carbocycles. The Morgan fingerprint density at radius 3 is 2.36 bits per heavy atom. The van der Waals surface area contributed by atoms with Gasteiger partial charge >= 0.3 is 0 Å². The van der Waals surface area contributed by atoms with E-state index in [1.54, 1.807) is 0 Å². The lowest BCUT2D eigenvalue weighted by Crippen LogP contribution is -2.34. The molecule has 0 bridgehead atoms. The third-order valence-electron chi connectivity index (χ3n) is 3.24. The lowest BCUT2D eigenvalue weighted by atomic mass is 9.91. The topological polar surface area (TPSA) is 43.8 Å². The van der Waals surface area contributed by atoms with Crippen LogP contribution in [0.25, 0.3) is 0 Å². The number of nitrogens with two attached hydrogens (primary N) is 1. The van der Waals surface area contributed by atoms with Crippen LogP contribution in [0.1, 0.15) is 29.8 Å². The van der Waals surface area contributed by atoms with Gasteiger partial charge in [-0.25, -0.2) is 0 Å². The Morgan fingerprint density at radius 1 is 1.36 bits per heavy atom. The number of aromatic nitrogens is 2. The van der Waals surface area contributed by atoms with Crippen molar-refractivity contribution in [3.63, 3.8) is 0 Å². The number of hydrogen-bond donors (Lipinski definition) is 1. The summed E-state index contributed by atoms with van der Waals surface area (Å²) in [7, 11) is 1.97. The molecule has 0 radical (unpaired) electrons. The average Bonchev–Trinajstić information content (AvgIpc) is 2.67. The van der Waals surface area contributed by atoms with Gasteiger partial charge in [-0.2, -0.15) is 5.10 Å². The highest BCUT2D eigenvalue weighted by molar-refractivity contribution is 5.32. The van der Waals surface area contributed by atoms with E-state index in [0.717, 1.165) is 18.5 Å². The van der Waals surface area contributed by atoms with Crippen LogP contribution < -0.4 is 5.73 Å². The van der Waals surface area contributed by atoms with Gasteiger partial charge in [-0.05, 0) is 32.3 Å². The van der Waals surface area contributed by atoms with Crippen LogP contribution in [0.3, 0.4) is 0 Å². The molecule has 0 aliphatic heterocycles. The molecule has 14 heavy (non-hydrogen) atoms. The second-order valence-corrected chi connectivity index (χ2v) is 4.22. The molecule has 76 valence electrons. The molecule has 2 N–H and O–H groups in total. The van der Waals surface area contributed by atoms with Gasteiger partial charge in [0.15, 0.2) is 0 Å². The van der Waals surface area contributed by atoms with Gasteiger partial charge in [0.05, 0.1) is 11.2 Å². The number of hydrogen-bond acceptors (Lipinski definition) is 2. The van der Waals surface area contributed by atoms with Crippen molar-refractivity contribution in [3.8, 4) is 0 Å². The predicted molar refractivity (Wildman–Crippen MR) is 56.9 cm³/mol. The summed E-state index contributed by atoms with van der Waals surface area (Å²) in [5, 5.41) is 4.52. The highest BCUT2D eigenvalue weighted by Gasteiger charge is 2.32. The summed E-state index contributed by atoms with van der Waals surface area (Å²) >= 11 is 0. The second-order valence-electron chi connectivity index (χ2n) is 4.22. The maximum Gasteiger partial charge on any atom is 0.0861 e. The largest absolute Gasteiger partial charge is 0.320 e. The fourth-order valence-corrected chi connectivity index (χ4v) is 2.05. The van der Waals surface area contributed by atoms with E-state index in [4.69, 9.17) is 5.73 Å². The summed E-state index contributed by atoms with van der Waals surface area (Å²) in [6.45, 7) is 4.18. The number of nitrogens with zero attached hydrogens (tertiary/aromatic N) is 2. The van der Waals surface area contributed by atoms with Gasteiger partial charge in [0.25, 0.3) is 0 Å². The summed E-state index contributed by atoms with van der Waals surface area (Å²) < 4.78 is 1.91. The minimum Gasteiger partial charge on any atom is -0.320 e. The standard InChI is InChI=1S/C11H17N3/c1-8-9(2)14(3)13-10(8)11(12)6-4-5-7-11/h4-5H,6-7,12H2,1-3H3. The molecule has 1 heterocycles. The monoisotopic (exact) mass is 191 g/mol. The molecule has 0 atom stereocenters. The van der Waals surface area contributed by atoms with E-state index in [0.29, 0.717) is 0 Å². The van der Waals surface area contributed by atoms with Gasteiger partial charge in [0, 0.05) is 12.7 Å². The quantitative estimate of drug-likeness (QED) is 0.684. The van der Waals surface area contributed by atoms with Gasteiger partial charge in [-0.15, -0.1) is 0 Å². The molecule has 0 unspecified atom stereocenters. The van der Waals surface area contributed by atoms with Crippen LogP contribution in [-0.2, 0) is 12.6 Å². The number of rotatable bonds is 1. The lowest BCUT2D eigenvalue weighted by molar-refractivity contribution is 0.455. The van der Waals surface area contributed by atoms with Gasteiger partial charge in [-0.3, -0.25) is 4.68 Å². The lowest BCUT2D eigenvalue weighted by Gasteiger charge is -2.21. The van der Waals surface area contributed by atoms with Crippen LogP contribution in [0.5, 0.6) is 0 Å². The number of aryl methyl sites for hydroxylation is 1. The van der Waals surface area contributed by atoms with Crippen LogP contribution in [0.2, 0.25) is 0 Å². The Hall–Kier alpha value is -1.09. The van der Waals surface area contributed by atoms with Crippen molar-refractivity contribution in [2.45, 2.75) is 32.2 Å². The maximum absolute atomic E-state index is 6.33. The van der Waals surface area contributed by atoms with Crippen molar-refractivity contribution in [2.75, 3.05) is 0 Å². The predicted octanol–water partition coefficient (Wildman–Crippen LogP) is 1.54. The van der Waals surface area contributed by atoms with E-state index < -0.39 is 0 Å². The Morgan fingerprint density at radius 2 is 1.93 bits per heavy atom. The Kier molecular flexibility index (Phi) is 2.00. The fraction of sp³-hybridized carbons (Fsp3) is 0.545. The second kappa shape index (κ2) is 2.95. The highest BCUT2D eigenvalue weighted by atomic mass is 15.3. The molecule has 0 spiro atoms. The van der Waals surface area contributed by atoms with E-state index in [9.17, 15) is 0 Å². The maximum atomic E-state index is 6.33. The van der Waals surface area contributed by atoms with Gasteiger partial charge in [0.1, 0.15) is 0 Å². The van der Waals surface area contributed by atoms with Crippen LogP contribution in [-0.4, -0.2) is 9.78 Å². The third kappa shape index (κ3) is 1.20. The Labute approximate surface area is 84.6 Å². The van der Waals surface area contributed by atoms with Crippen molar-refractivity contribution in [3.05, 3.63) is 29.1 Å². The Balaban J connectivity index is 2.46. The molecule has 2 rings (SSSR count). The summed E-state index contributed by atoms with van der Waals surface area (Å²) in [5.74, 6) is 0. The SMILES string of the molecule is Cc1c(C2(N)CC=CC2)nn(C)c1C. The average molecular weight is 191 g/mol. The smallest absolute Gasteiger partial charge is 0.0861 e. The molecule has 1 aliphatic carbocycles. The summed E-state index contributed by atoms with van der Waals surface area (Å²) in [6, 6.07) is 0. The zero-order valence-electron chi connectivity index (χ0n) is 9.04. The molecule has 3 heteroatoms. The molecule has 0 fully saturated rings. The van der Waals surface area contributed by atoms with Crippen LogP contribution in [0, 0.1) is 13.8 Å². The minimum absolute atomic E-state index is 0.254. The zero-order chi connectivity index (χ0) is 10.3. The van der Waals surface area contributed by atoms with Crippen molar-refractivity contribution < 1.29 is 0 Å². The van der Waals surface area contributed by atoms with Gasteiger partial charge in [0.2, 0.25) is 0 Å². The van der Waals surface area contributed by atoms with Crippen molar-refractivity contribution >= 4 is 0 Å². The summed E-state index contributed by atoms with van der Waals surface area (Å²) in [4.78, 5) is 0. The van der Waals surface area contributed by atoms with Crippen molar-refractivity contribution in [1.82, 2.24) is 9.78 Å². The molecule has 1 aromatic heterocycles. The normalized spacial score (nSPS) is 19.1. The van der Waals surface area contributed by atoms with Crippen LogP contribution >= 0.6 is 0 Å². The van der Waals surface area contributed by atoms with Crippen molar-refractivity contribution in [2.24, 2.45) is 12.8 Å². The van der Waals surface area contributed by atoms with Crippen molar-refractivity contribution in [1.29, 1.82) is 0 Å². The third-order valence-corrected chi connectivity index (χ3v) is 3.24. The highest BCUT2D eigenvalue weighted by Crippen LogP contribution is 2.33. The molecular formula is C11H17N3. The minimum atomic E-state index is -0.254. The summed E-state index contributed by atoms with van der Waals surface area (Å²) in [6.07, 6.45) is 6.10. The van der Waals surface area contributed by atoms with Crippen LogP contribution in [0.4, 0.5) is 0 Å². The summed E-state index contributed by atoms with van der Waals surface area (Å²) in [5.41, 5.74) is 9.57. The van der Waals surface area contributed by atoms with Gasteiger partial charge in [-0.1, -0.05) is 12.2 Å². The first-order valence-electron chi connectivity index (χ1n) is 4.99.